The van der Waals surface area contributed by atoms with Gasteiger partial charge in [-0.05, 0) is 55.0 Å². The molecule has 6 nitrogen and oxygen atoms in total. The highest BCUT2D eigenvalue weighted by Gasteiger charge is 2.25. The van der Waals surface area contributed by atoms with Crippen LogP contribution >= 0.6 is 0 Å². The molecule has 0 saturated carbocycles. The molecular formula is C23H26N2O4. The van der Waals surface area contributed by atoms with Crippen LogP contribution in [0.3, 0.4) is 0 Å². The van der Waals surface area contributed by atoms with Crippen LogP contribution in [0.15, 0.2) is 48.5 Å². The third-order valence-corrected chi connectivity index (χ3v) is 4.99. The molecule has 0 bridgehead atoms. The SMILES string of the molecule is CC(=O)Nc1ccc(CC(=O)O[C@@H](C)C(=O)N[C@@H]2CCCc3ccccc32)cc1. The smallest absolute Gasteiger partial charge is 0.311 e. The minimum Gasteiger partial charge on any atom is -0.452 e. The summed E-state index contributed by atoms with van der Waals surface area (Å²) in [7, 11) is 0. The third kappa shape index (κ3) is 5.67. The molecule has 0 fully saturated rings. The molecule has 0 radical (unpaired) electrons. The fourth-order valence-corrected chi connectivity index (χ4v) is 3.56. The fraction of sp³-hybridized carbons (Fsp3) is 0.348. The molecule has 1 aliphatic rings. The highest BCUT2D eigenvalue weighted by atomic mass is 16.5. The number of anilines is 1. The largest absolute Gasteiger partial charge is 0.452 e. The molecular weight excluding hydrogens is 368 g/mol. The van der Waals surface area contributed by atoms with Crippen molar-refractivity contribution in [3.8, 4) is 0 Å². The van der Waals surface area contributed by atoms with Crippen LogP contribution in [-0.2, 0) is 32.0 Å². The first kappa shape index (κ1) is 20.6. The molecule has 0 spiro atoms. The Morgan fingerprint density at radius 1 is 1.10 bits per heavy atom. The van der Waals surface area contributed by atoms with Gasteiger partial charge < -0.3 is 15.4 Å². The van der Waals surface area contributed by atoms with Crippen LogP contribution in [0.4, 0.5) is 5.69 Å². The Bertz CT molecular complexity index is 892. The summed E-state index contributed by atoms with van der Waals surface area (Å²) in [5.41, 5.74) is 3.81. The van der Waals surface area contributed by atoms with Crippen molar-refractivity contribution in [2.24, 2.45) is 0 Å². The van der Waals surface area contributed by atoms with Gasteiger partial charge in [0, 0.05) is 12.6 Å². The lowest BCUT2D eigenvalue weighted by molar-refractivity contribution is -0.154. The molecule has 2 atom stereocenters. The van der Waals surface area contributed by atoms with Crippen molar-refractivity contribution in [2.45, 2.75) is 51.7 Å². The van der Waals surface area contributed by atoms with Gasteiger partial charge in [0.05, 0.1) is 12.5 Å². The van der Waals surface area contributed by atoms with Crippen LogP contribution in [-0.4, -0.2) is 23.9 Å². The van der Waals surface area contributed by atoms with Crippen LogP contribution in [0.25, 0.3) is 0 Å². The Labute approximate surface area is 170 Å². The number of esters is 1. The molecule has 3 rings (SSSR count). The van der Waals surface area contributed by atoms with Crippen molar-refractivity contribution in [2.75, 3.05) is 5.32 Å². The van der Waals surface area contributed by atoms with Crippen LogP contribution < -0.4 is 10.6 Å². The molecule has 0 saturated heterocycles. The van der Waals surface area contributed by atoms with Crippen molar-refractivity contribution in [3.05, 3.63) is 65.2 Å². The second-order valence-electron chi connectivity index (χ2n) is 7.34. The van der Waals surface area contributed by atoms with E-state index in [4.69, 9.17) is 4.74 Å². The van der Waals surface area contributed by atoms with E-state index in [1.807, 2.05) is 18.2 Å². The van der Waals surface area contributed by atoms with Crippen LogP contribution in [0, 0.1) is 0 Å². The molecule has 0 unspecified atom stereocenters. The summed E-state index contributed by atoms with van der Waals surface area (Å²) in [4.78, 5) is 35.8. The molecule has 6 heteroatoms. The molecule has 0 aromatic heterocycles. The topological polar surface area (TPSA) is 84.5 Å². The number of rotatable bonds is 6. The average molecular weight is 394 g/mol. The Hall–Kier alpha value is -3.15. The summed E-state index contributed by atoms with van der Waals surface area (Å²) in [5.74, 6) is -0.914. The standard InChI is InChI=1S/C23H26N2O4/c1-15(23(28)25-21-9-5-7-18-6-3-4-8-20(18)21)29-22(27)14-17-10-12-19(13-11-17)24-16(2)26/h3-4,6,8,10-13,15,21H,5,7,9,14H2,1-2H3,(H,24,26)(H,25,28)/t15-,21+/m0/s1. The van der Waals surface area contributed by atoms with Crippen molar-refractivity contribution >= 4 is 23.5 Å². The first-order valence-corrected chi connectivity index (χ1v) is 9.86. The number of hydrogen-bond acceptors (Lipinski definition) is 4. The van der Waals surface area contributed by atoms with E-state index >= 15 is 0 Å². The molecule has 29 heavy (non-hydrogen) atoms. The second-order valence-corrected chi connectivity index (χ2v) is 7.34. The molecule has 2 amide bonds. The number of carbonyl (C=O) groups is 3. The predicted octanol–water partition coefficient (Wildman–Crippen LogP) is 3.31. The van der Waals surface area contributed by atoms with Gasteiger partial charge in [-0.25, -0.2) is 0 Å². The number of carbonyl (C=O) groups excluding carboxylic acids is 3. The zero-order valence-electron chi connectivity index (χ0n) is 16.7. The predicted molar refractivity (Wildman–Crippen MR) is 110 cm³/mol. The van der Waals surface area contributed by atoms with Crippen LogP contribution in [0.5, 0.6) is 0 Å². The summed E-state index contributed by atoms with van der Waals surface area (Å²) in [6.07, 6.45) is 2.11. The summed E-state index contributed by atoms with van der Waals surface area (Å²) in [6, 6.07) is 15.0. The van der Waals surface area contributed by atoms with Crippen molar-refractivity contribution in [1.29, 1.82) is 0 Å². The number of amides is 2. The Morgan fingerprint density at radius 3 is 2.55 bits per heavy atom. The maximum atomic E-state index is 12.5. The quantitative estimate of drug-likeness (QED) is 0.736. The highest BCUT2D eigenvalue weighted by molar-refractivity contribution is 5.88. The number of fused-ring (bicyclic) bond motifs is 1. The van der Waals surface area contributed by atoms with E-state index in [1.54, 1.807) is 31.2 Å². The van der Waals surface area contributed by atoms with E-state index in [0.717, 1.165) is 30.4 Å². The van der Waals surface area contributed by atoms with Crippen molar-refractivity contribution in [1.82, 2.24) is 5.32 Å². The maximum Gasteiger partial charge on any atom is 0.311 e. The monoisotopic (exact) mass is 394 g/mol. The first-order chi connectivity index (χ1) is 13.9. The number of nitrogens with one attached hydrogen (secondary N) is 2. The van der Waals surface area contributed by atoms with Gasteiger partial charge in [0.2, 0.25) is 5.91 Å². The summed E-state index contributed by atoms with van der Waals surface area (Å²) >= 11 is 0. The van der Waals surface area contributed by atoms with E-state index in [1.165, 1.54) is 12.5 Å². The Morgan fingerprint density at radius 2 is 1.83 bits per heavy atom. The first-order valence-electron chi connectivity index (χ1n) is 9.86. The van der Waals surface area contributed by atoms with Gasteiger partial charge in [0.15, 0.2) is 6.10 Å². The number of aryl methyl sites for hydroxylation is 1. The normalized spacial score (nSPS) is 16.3. The summed E-state index contributed by atoms with van der Waals surface area (Å²) in [6.45, 7) is 3.02. The Kier molecular flexibility index (Phi) is 6.65. The van der Waals surface area contributed by atoms with E-state index in [0.29, 0.717) is 5.69 Å². The number of ether oxygens (including phenoxy) is 1. The van der Waals surface area contributed by atoms with Gasteiger partial charge in [-0.3, -0.25) is 14.4 Å². The van der Waals surface area contributed by atoms with Gasteiger partial charge in [-0.15, -0.1) is 0 Å². The zero-order chi connectivity index (χ0) is 20.8. The molecule has 1 aliphatic carbocycles. The summed E-state index contributed by atoms with van der Waals surface area (Å²) in [5, 5.41) is 5.68. The highest BCUT2D eigenvalue weighted by Crippen LogP contribution is 2.29. The van der Waals surface area contributed by atoms with Crippen LogP contribution in [0.2, 0.25) is 0 Å². The zero-order valence-corrected chi connectivity index (χ0v) is 16.7. The van der Waals surface area contributed by atoms with Crippen molar-refractivity contribution in [3.63, 3.8) is 0 Å². The second kappa shape index (κ2) is 9.37. The molecule has 0 aliphatic heterocycles. The number of hydrogen-bond donors (Lipinski definition) is 2. The summed E-state index contributed by atoms with van der Waals surface area (Å²) < 4.78 is 5.32. The Balaban J connectivity index is 1.52. The lowest BCUT2D eigenvalue weighted by Crippen LogP contribution is -2.39. The lowest BCUT2D eigenvalue weighted by atomic mass is 9.87. The van der Waals surface area contributed by atoms with Crippen molar-refractivity contribution < 1.29 is 19.1 Å². The average Bonchev–Trinajstić information content (AvgIpc) is 2.69. The maximum absolute atomic E-state index is 12.5. The van der Waals surface area contributed by atoms with E-state index in [-0.39, 0.29) is 24.3 Å². The van der Waals surface area contributed by atoms with E-state index < -0.39 is 12.1 Å². The van der Waals surface area contributed by atoms with Gasteiger partial charge in [-0.1, -0.05) is 36.4 Å². The van der Waals surface area contributed by atoms with Gasteiger partial charge in [0.25, 0.3) is 5.91 Å². The van der Waals surface area contributed by atoms with E-state index in [9.17, 15) is 14.4 Å². The molecule has 2 aromatic rings. The molecule has 2 N–H and O–H groups in total. The lowest BCUT2D eigenvalue weighted by Gasteiger charge is -2.27. The third-order valence-electron chi connectivity index (χ3n) is 4.99. The number of benzene rings is 2. The minimum absolute atomic E-state index is 0.0464. The fourth-order valence-electron chi connectivity index (χ4n) is 3.56. The minimum atomic E-state index is -0.866. The van der Waals surface area contributed by atoms with Gasteiger partial charge in [-0.2, -0.15) is 0 Å². The van der Waals surface area contributed by atoms with Gasteiger partial charge in [0.1, 0.15) is 0 Å². The van der Waals surface area contributed by atoms with E-state index in [2.05, 4.69) is 16.7 Å². The molecule has 0 heterocycles. The molecule has 2 aromatic carbocycles. The molecule has 152 valence electrons. The van der Waals surface area contributed by atoms with Gasteiger partial charge >= 0.3 is 5.97 Å². The van der Waals surface area contributed by atoms with Crippen LogP contribution in [0.1, 0.15) is 49.4 Å².